The van der Waals surface area contributed by atoms with Crippen molar-refractivity contribution in [3.8, 4) is 0 Å². The molecule has 0 bridgehead atoms. The summed E-state index contributed by atoms with van der Waals surface area (Å²) < 4.78 is 5.07. The molecule has 2 unspecified atom stereocenters. The first kappa shape index (κ1) is 10.6. The summed E-state index contributed by atoms with van der Waals surface area (Å²) in [5, 5.41) is 7.54. The first-order valence-corrected chi connectivity index (χ1v) is 5.54. The van der Waals surface area contributed by atoms with Gasteiger partial charge in [-0.2, -0.15) is 0 Å². The van der Waals surface area contributed by atoms with E-state index < -0.39 is 0 Å². The van der Waals surface area contributed by atoms with Crippen molar-refractivity contribution in [2.75, 3.05) is 13.1 Å². The van der Waals surface area contributed by atoms with Crippen molar-refractivity contribution >= 4 is 0 Å². The van der Waals surface area contributed by atoms with Crippen LogP contribution in [0.15, 0.2) is 10.6 Å². The molecule has 15 heavy (non-hydrogen) atoms. The van der Waals surface area contributed by atoms with Crippen molar-refractivity contribution in [2.24, 2.45) is 0 Å². The van der Waals surface area contributed by atoms with Crippen molar-refractivity contribution in [1.29, 1.82) is 0 Å². The highest BCUT2D eigenvalue weighted by Crippen LogP contribution is 2.10. The minimum absolute atomic E-state index is 0.557. The van der Waals surface area contributed by atoms with Crippen molar-refractivity contribution in [3.05, 3.63) is 17.5 Å². The standard InChI is InChI=1S/C11H19N3O/c1-8-5-14(6-9(2)12-8)7-11-4-10(3)15-13-11/h4,8-9,12H,5-7H2,1-3H3. The lowest BCUT2D eigenvalue weighted by Gasteiger charge is -2.35. The Morgan fingerprint density at radius 3 is 2.67 bits per heavy atom. The van der Waals surface area contributed by atoms with Gasteiger partial charge in [-0.15, -0.1) is 0 Å². The Morgan fingerprint density at radius 1 is 1.47 bits per heavy atom. The molecular weight excluding hydrogens is 190 g/mol. The van der Waals surface area contributed by atoms with Gasteiger partial charge >= 0.3 is 0 Å². The average Bonchev–Trinajstić information content (AvgIpc) is 2.49. The minimum atomic E-state index is 0.557. The van der Waals surface area contributed by atoms with Gasteiger partial charge < -0.3 is 9.84 Å². The van der Waals surface area contributed by atoms with E-state index >= 15 is 0 Å². The predicted molar refractivity (Wildman–Crippen MR) is 58.6 cm³/mol. The molecule has 4 heteroatoms. The highest BCUT2D eigenvalue weighted by Gasteiger charge is 2.21. The lowest BCUT2D eigenvalue weighted by Crippen LogP contribution is -2.53. The zero-order valence-corrected chi connectivity index (χ0v) is 9.66. The number of nitrogens with zero attached hydrogens (tertiary/aromatic N) is 2. The number of nitrogens with one attached hydrogen (secondary N) is 1. The molecule has 1 aromatic rings. The van der Waals surface area contributed by atoms with Gasteiger partial charge in [-0.25, -0.2) is 0 Å². The Balaban J connectivity index is 1.94. The van der Waals surface area contributed by atoms with Crippen LogP contribution >= 0.6 is 0 Å². The van der Waals surface area contributed by atoms with Crippen LogP contribution in [0.2, 0.25) is 0 Å². The molecule has 1 aliphatic heterocycles. The van der Waals surface area contributed by atoms with E-state index in [1.54, 1.807) is 0 Å². The SMILES string of the molecule is Cc1cc(CN2CC(C)NC(C)C2)no1. The maximum Gasteiger partial charge on any atom is 0.133 e. The average molecular weight is 209 g/mol. The number of hydrogen-bond acceptors (Lipinski definition) is 4. The first-order chi connectivity index (χ1) is 7.13. The van der Waals surface area contributed by atoms with Crippen LogP contribution in [0, 0.1) is 6.92 Å². The zero-order chi connectivity index (χ0) is 10.8. The van der Waals surface area contributed by atoms with E-state index in [1.807, 2.05) is 13.0 Å². The molecule has 0 amide bonds. The van der Waals surface area contributed by atoms with Gasteiger partial charge in [0.25, 0.3) is 0 Å². The number of piperazine rings is 1. The third-order valence-corrected chi connectivity index (χ3v) is 2.70. The number of rotatable bonds is 2. The number of aromatic nitrogens is 1. The van der Waals surface area contributed by atoms with Crippen molar-refractivity contribution in [2.45, 2.75) is 39.4 Å². The van der Waals surface area contributed by atoms with Gasteiger partial charge in [0.05, 0.1) is 5.69 Å². The Hall–Kier alpha value is -0.870. The maximum absolute atomic E-state index is 5.07. The molecule has 4 nitrogen and oxygen atoms in total. The first-order valence-electron chi connectivity index (χ1n) is 5.54. The molecule has 0 spiro atoms. The quantitative estimate of drug-likeness (QED) is 0.793. The van der Waals surface area contributed by atoms with Crippen molar-refractivity contribution in [3.63, 3.8) is 0 Å². The van der Waals surface area contributed by atoms with Crippen LogP contribution < -0.4 is 5.32 Å². The lowest BCUT2D eigenvalue weighted by molar-refractivity contribution is 0.163. The van der Waals surface area contributed by atoms with Gasteiger partial charge in [-0.05, 0) is 20.8 Å². The zero-order valence-electron chi connectivity index (χ0n) is 9.66. The van der Waals surface area contributed by atoms with Crippen LogP contribution in [0.5, 0.6) is 0 Å². The second-order valence-electron chi connectivity index (χ2n) is 4.59. The number of hydrogen-bond donors (Lipinski definition) is 1. The lowest BCUT2D eigenvalue weighted by atomic mass is 10.1. The van der Waals surface area contributed by atoms with Gasteiger partial charge in [-0.1, -0.05) is 5.16 Å². The van der Waals surface area contributed by atoms with Gasteiger partial charge in [0.2, 0.25) is 0 Å². The van der Waals surface area contributed by atoms with Crippen LogP contribution in [0.1, 0.15) is 25.3 Å². The molecular formula is C11H19N3O. The molecule has 0 saturated carbocycles. The van der Waals surface area contributed by atoms with Crippen molar-refractivity contribution < 1.29 is 4.52 Å². The summed E-state index contributed by atoms with van der Waals surface area (Å²) in [4.78, 5) is 2.42. The van der Waals surface area contributed by atoms with E-state index in [-0.39, 0.29) is 0 Å². The summed E-state index contributed by atoms with van der Waals surface area (Å²) in [5.41, 5.74) is 1.04. The fourth-order valence-corrected chi connectivity index (χ4v) is 2.29. The third-order valence-electron chi connectivity index (χ3n) is 2.70. The molecule has 2 rings (SSSR count). The molecule has 0 aromatic carbocycles. The second kappa shape index (κ2) is 4.33. The third kappa shape index (κ3) is 2.79. The van der Waals surface area contributed by atoms with Gasteiger partial charge in [0.1, 0.15) is 5.76 Å². The molecule has 1 fully saturated rings. The predicted octanol–water partition coefficient (Wildman–Crippen LogP) is 1.17. The van der Waals surface area contributed by atoms with E-state index in [1.165, 1.54) is 0 Å². The highest BCUT2D eigenvalue weighted by atomic mass is 16.5. The monoisotopic (exact) mass is 209 g/mol. The van der Waals surface area contributed by atoms with Crippen LogP contribution in [0.3, 0.4) is 0 Å². The maximum atomic E-state index is 5.07. The summed E-state index contributed by atoms with van der Waals surface area (Å²) >= 11 is 0. The van der Waals surface area contributed by atoms with Crippen LogP contribution in [0.25, 0.3) is 0 Å². The normalized spacial score (nSPS) is 28.2. The molecule has 2 atom stereocenters. The molecule has 0 radical (unpaired) electrons. The molecule has 84 valence electrons. The molecule has 2 heterocycles. The van der Waals surface area contributed by atoms with Gasteiger partial charge in [-0.3, -0.25) is 4.90 Å². The fourth-order valence-electron chi connectivity index (χ4n) is 2.29. The number of aryl methyl sites for hydroxylation is 1. The van der Waals surface area contributed by atoms with E-state index in [0.717, 1.165) is 31.1 Å². The molecule has 1 aliphatic rings. The van der Waals surface area contributed by atoms with Crippen molar-refractivity contribution in [1.82, 2.24) is 15.4 Å². The van der Waals surface area contributed by atoms with Crippen LogP contribution in [0.4, 0.5) is 0 Å². The summed E-state index contributed by atoms with van der Waals surface area (Å²) in [5.74, 6) is 0.890. The fraction of sp³-hybridized carbons (Fsp3) is 0.727. The van der Waals surface area contributed by atoms with E-state index in [0.29, 0.717) is 12.1 Å². The molecule has 1 saturated heterocycles. The minimum Gasteiger partial charge on any atom is -0.361 e. The Kier molecular flexibility index (Phi) is 3.07. The van der Waals surface area contributed by atoms with E-state index in [9.17, 15) is 0 Å². The molecule has 0 aliphatic carbocycles. The van der Waals surface area contributed by atoms with E-state index in [4.69, 9.17) is 4.52 Å². The Morgan fingerprint density at radius 2 is 2.13 bits per heavy atom. The smallest absolute Gasteiger partial charge is 0.133 e. The summed E-state index contributed by atoms with van der Waals surface area (Å²) in [6, 6.07) is 3.13. The molecule has 1 N–H and O–H groups in total. The highest BCUT2D eigenvalue weighted by molar-refractivity contribution is 5.03. The van der Waals surface area contributed by atoms with Crippen LogP contribution in [-0.2, 0) is 6.54 Å². The van der Waals surface area contributed by atoms with E-state index in [2.05, 4.69) is 29.2 Å². The van der Waals surface area contributed by atoms with Crippen LogP contribution in [-0.4, -0.2) is 35.2 Å². The topological polar surface area (TPSA) is 41.3 Å². The second-order valence-corrected chi connectivity index (χ2v) is 4.59. The summed E-state index contributed by atoms with van der Waals surface area (Å²) in [6.45, 7) is 9.42. The van der Waals surface area contributed by atoms with Gasteiger partial charge in [0, 0.05) is 37.8 Å². The summed E-state index contributed by atoms with van der Waals surface area (Å²) in [6.07, 6.45) is 0. The van der Waals surface area contributed by atoms with Gasteiger partial charge in [0.15, 0.2) is 0 Å². The largest absolute Gasteiger partial charge is 0.361 e. The summed E-state index contributed by atoms with van der Waals surface area (Å²) in [7, 11) is 0. The Bertz CT molecular complexity index is 313. The Labute approximate surface area is 90.6 Å². The molecule has 1 aromatic heterocycles.